The predicted molar refractivity (Wildman–Crippen MR) is 56.4 cm³/mol. The number of rotatable bonds is 2. The highest BCUT2D eigenvalue weighted by atomic mass is 127. The van der Waals surface area contributed by atoms with Gasteiger partial charge in [0.15, 0.2) is 0 Å². The molecule has 4 N–H and O–H groups in total. The minimum atomic E-state index is -1.46. The van der Waals surface area contributed by atoms with Gasteiger partial charge < -0.3 is 20.4 Å². The Morgan fingerprint density at radius 1 is 1.00 bits per heavy atom. The van der Waals surface area contributed by atoms with E-state index in [0.29, 0.717) is 6.07 Å². The first-order chi connectivity index (χ1) is 6.86. The third-order valence-corrected chi connectivity index (χ3v) is 2.73. The van der Waals surface area contributed by atoms with Gasteiger partial charge >= 0.3 is 11.9 Å². The van der Waals surface area contributed by atoms with Crippen molar-refractivity contribution in [1.29, 1.82) is 0 Å². The molecule has 0 amide bonds. The van der Waals surface area contributed by atoms with E-state index in [9.17, 15) is 19.8 Å². The van der Waals surface area contributed by atoms with E-state index in [-0.39, 0.29) is 3.57 Å². The number of phenols is 2. The van der Waals surface area contributed by atoms with E-state index in [2.05, 4.69) is 0 Å². The molecule has 80 valence electrons. The molecule has 15 heavy (non-hydrogen) atoms. The van der Waals surface area contributed by atoms with Gasteiger partial charge in [-0.25, -0.2) is 9.59 Å². The molecule has 0 aliphatic carbocycles. The average molecular weight is 324 g/mol. The van der Waals surface area contributed by atoms with E-state index in [4.69, 9.17) is 10.2 Å². The zero-order valence-corrected chi connectivity index (χ0v) is 9.22. The lowest BCUT2D eigenvalue weighted by Gasteiger charge is -2.07. The van der Waals surface area contributed by atoms with Crippen LogP contribution in [-0.2, 0) is 0 Å². The van der Waals surface area contributed by atoms with Crippen LogP contribution in [-0.4, -0.2) is 32.4 Å². The van der Waals surface area contributed by atoms with Gasteiger partial charge in [0.25, 0.3) is 0 Å². The van der Waals surface area contributed by atoms with Gasteiger partial charge in [0.2, 0.25) is 0 Å². The van der Waals surface area contributed by atoms with E-state index in [1.54, 1.807) is 0 Å². The van der Waals surface area contributed by atoms with Gasteiger partial charge in [0.1, 0.15) is 22.6 Å². The molecule has 0 unspecified atom stereocenters. The van der Waals surface area contributed by atoms with E-state index < -0.39 is 34.6 Å². The van der Waals surface area contributed by atoms with Crippen LogP contribution < -0.4 is 0 Å². The summed E-state index contributed by atoms with van der Waals surface area (Å²) in [6.07, 6.45) is 0. The number of hydrogen-bond donors (Lipinski definition) is 4. The summed E-state index contributed by atoms with van der Waals surface area (Å²) in [5, 5.41) is 35.8. The van der Waals surface area contributed by atoms with Crippen LogP contribution >= 0.6 is 22.6 Å². The minimum absolute atomic E-state index is 0.217. The molecule has 0 saturated carbocycles. The van der Waals surface area contributed by atoms with Crippen molar-refractivity contribution in [2.75, 3.05) is 0 Å². The molecule has 0 atom stereocenters. The number of hydrogen-bond acceptors (Lipinski definition) is 4. The van der Waals surface area contributed by atoms with Gasteiger partial charge in [0, 0.05) is 9.64 Å². The number of benzene rings is 1. The highest BCUT2D eigenvalue weighted by Gasteiger charge is 2.24. The van der Waals surface area contributed by atoms with Gasteiger partial charge in [-0.05, 0) is 22.6 Å². The average Bonchev–Trinajstić information content (AvgIpc) is 1.99. The Morgan fingerprint density at radius 2 is 1.33 bits per heavy atom. The van der Waals surface area contributed by atoms with Crippen molar-refractivity contribution in [2.24, 2.45) is 0 Å². The van der Waals surface area contributed by atoms with Gasteiger partial charge in [-0.15, -0.1) is 0 Å². The van der Waals surface area contributed by atoms with Crippen molar-refractivity contribution in [3.63, 3.8) is 0 Å². The van der Waals surface area contributed by atoms with Crippen LogP contribution in [0.15, 0.2) is 6.07 Å². The fourth-order valence-corrected chi connectivity index (χ4v) is 2.04. The zero-order valence-electron chi connectivity index (χ0n) is 7.06. The van der Waals surface area contributed by atoms with Crippen molar-refractivity contribution in [2.45, 2.75) is 0 Å². The molecule has 6 nitrogen and oxygen atoms in total. The molecule has 0 aromatic heterocycles. The number of carboxylic acid groups (broad SMARTS) is 2. The van der Waals surface area contributed by atoms with E-state index in [1.165, 1.54) is 22.6 Å². The van der Waals surface area contributed by atoms with Crippen LogP contribution in [0.3, 0.4) is 0 Å². The lowest BCUT2D eigenvalue weighted by Crippen LogP contribution is -2.07. The Balaban J connectivity index is 3.64. The molecule has 0 heterocycles. The Hall–Kier alpha value is -1.51. The third-order valence-electron chi connectivity index (χ3n) is 1.65. The molecule has 7 heteroatoms. The molecule has 0 spiro atoms. The van der Waals surface area contributed by atoms with E-state index in [0.717, 1.165) is 0 Å². The minimum Gasteiger partial charge on any atom is -0.507 e. The molecule has 0 bridgehead atoms. The fraction of sp³-hybridized carbons (Fsp3) is 0. The zero-order chi connectivity index (χ0) is 11.7. The van der Waals surface area contributed by atoms with Gasteiger partial charge in [-0.3, -0.25) is 0 Å². The maximum absolute atomic E-state index is 10.7. The first kappa shape index (κ1) is 11.6. The summed E-state index contributed by atoms with van der Waals surface area (Å²) < 4.78 is -0.217. The second-order valence-electron chi connectivity index (χ2n) is 2.59. The topological polar surface area (TPSA) is 115 Å². The Bertz CT molecular complexity index is 415. The first-order valence-corrected chi connectivity index (χ1v) is 4.65. The van der Waals surface area contributed by atoms with Crippen LogP contribution in [0.25, 0.3) is 0 Å². The van der Waals surface area contributed by atoms with E-state index in [1.807, 2.05) is 0 Å². The molecule has 0 aliphatic rings. The van der Waals surface area contributed by atoms with Crippen LogP contribution in [0.5, 0.6) is 11.5 Å². The van der Waals surface area contributed by atoms with Crippen molar-refractivity contribution in [3.05, 3.63) is 20.8 Å². The van der Waals surface area contributed by atoms with Crippen molar-refractivity contribution >= 4 is 34.5 Å². The molecule has 1 aromatic carbocycles. The van der Waals surface area contributed by atoms with Crippen LogP contribution in [0.1, 0.15) is 20.7 Å². The standard InChI is InChI=1S/C8H5IO6/c9-6-4(7(12)13)2(10)1-3(11)5(6)8(14)15/h1,10-11H,(H,12,13)(H,14,15). The Morgan fingerprint density at radius 3 is 1.60 bits per heavy atom. The van der Waals surface area contributed by atoms with Crippen LogP contribution in [0.4, 0.5) is 0 Å². The number of aromatic carboxylic acids is 2. The Kier molecular flexibility index (Phi) is 3.03. The molecule has 0 aliphatic heterocycles. The normalized spacial score (nSPS) is 9.93. The van der Waals surface area contributed by atoms with Gasteiger partial charge in [-0.1, -0.05) is 0 Å². The first-order valence-electron chi connectivity index (χ1n) is 3.57. The summed E-state index contributed by atoms with van der Waals surface area (Å²) in [4.78, 5) is 21.4. The molecular formula is C8H5IO6. The maximum atomic E-state index is 10.7. The fourth-order valence-electron chi connectivity index (χ4n) is 1.03. The highest BCUT2D eigenvalue weighted by molar-refractivity contribution is 14.1. The van der Waals surface area contributed by atoms with E-state index >= 15 is 0 Å². The van der Waals surface area contributed by atoms with Crippen molar-refractivity contribution < 1.29 is 30.0 Å². The number of carboxylic acids is 2. The molecule has 1 aromatic rings. The van der Waals surface area contributed by atoms with Crippen LogP contribution in [0, 0.1) is 3.57 Å². The second-order valence-corrected chi connectivity index (χ2v) is 3.67. The summed E-state index contributed by atoms with van der Waals surface area (Å²) in [6.45, 7) is 0. The molecule has 1 rings (SSSR count). The summed E-state index contributed by atoms with van der Waals surface area (Å²) in [6, 6.07) is 0.690. The molecule has 0 saturated heterocycles. The monoisotopic (exact) mass is 324 g/mol. The van der Waals surface area contributed by atoms with Crippen molar-refractivity contribution in [3.8, 4) is 11.5 Å². The molecule has 0 radical (unpaired) electrons. The van der Waals surface area contributed by atoms with Gasteiger partial charge in [0.05, 0.1) is 0 Å². The lowest BCUT2D eigenvalue weighted by molar-refractivity contribution is 0.0692. The predicted octanol–water partition coefficient (Wildman–Crippen LogP) is 1.10. The van der Waals surface area contributed by atoms with Gasteiger partial charge in [-0.2, -0.15) is 0 Å². The highest BCUT2D eigenvalue weighted by Crippen LogP contribution is 2.33. The SMILES string of the molecule is O=C(O)c1c(O)cc(O)c(C(=O)O)c1I. The summed E-state index contributed by atoms with van der Waals surface area (Å²) >= 11 is 1.44. The largest absolute Gasteiger partial charge is 0.507 e. The molecule has 0 fully saturated rings. The van der Waals surface area contributed by atoms with Crippen LogP contribution in [0.2, 0.25) is 0 Å². The maximum Gasteiger partial charge on any atom is 0.340 e. The second kappa shape index (κ2) is 3.93. The lowest BCUT2D eigenvalue weighted by atomic mass is 10.1. The molecular weight excluding hydrogens is 319 g/mol. The number of aromatic hydroxyl groups is 2. The summed E-state index contributed by atoms with van der Waals surface area (Å²) in [7, 11) is 0. The Labute approximate surface area is 96.9 Å². The summed E-state index contributed by atoms with van der Waals surface area (Å²) in [5.41, 5.74) is -1.07. The summed E-state index contributed by atoms with van der Waals surface area (Å²) in [5.74, 6) is -4.26. The third kappa shape index (κ3) is 1.96. The number of carbonyl (C=O) groups is 2. The quantitative estimate of drug-likeness (QED) is 0.606. The number of halogens is 1. The smallest absolute Gasteiger partial charge is 0.340 e. The van der Waals surface area contributed by atoms with Crippen molar-refractivity contribution in [1.82, 2.24) is 0 Å².